The first kappa shape index (κ1) is 15.9. The van der Waals surface area contributed by atoms with Crippen LogP contribution in [0.3, 0.4) is 0 Å². The summed E-state index contributed by atoms with van der Waals surface area (Å²) in [5.74, 6) is -0.667. The molecule has 0 aromatic heterocycles. The third kappa shape index (κ3) is 4610. The van der Waals surface area contributed by atoms with Crippen molar-refractivity contribution in [3.8, 4) is 0 Å². The molecule has 0 fully saturated rings. The summed E-state index contributed by atoms with van der Waals surface area (Å²) in [7, 11) is 0. The van der Waals surface area contributed by atoms with Gasteiger partial charge >= 0.3 is 0 Å². The van der Waals surface area contributed by atoms with E-state index < -0.39 is 5.97 Å². The number of carbonyl (C=O) groups excluding carboxylic acids is 1. The van der Waals surface area contributed by atoms with Crippen LogP contribution in [0.15, 0.2) is 0 Å². The van der Waals surface area contributed by atoms with E-state index in [1.807, 2.05) is 0 Å². The summed E-state index contributed by atoms with van der Waals surface area (Å²) in [5.41, 5.74) is 0. The summed E-state index contributed by atoms with van der Waals surface area (Å²) in [4.78, 5) is 18.4. The molecule has 0 amide bonds. The summed E-state index contributed by atoms with van der Waals surface area (Å²) in [6, 6.07) is 0. The number of hydrogen-bond acceptors (Lipinski definition) is 2. The number of carbonyl (C=O) groups is 2. The summed E-state index contributed by atoms with van der Waals surface area (Å²) < 4.78 is 0. The fourth-order valence-corrected chi connectivity index (χ4v) is 0. The van der Waals surface area contributed by atoms with Gasteiger partial charge in [-0.1, -0.05) is 0 Å². The second-order valence-corrected chi connectivity index (χ2v) is 1.43. The maximum atomic E-state index is 9.44. The maximum absolute atomic E-state index is 9.44. The SMILES string of the molecule is CC(=O)O.CC(C)=O.[Zn]. The standard InChI is InChI=1S/C3H6O.C2H4O2.Zn/c1-3(2)4;1-2(3)4;/h1-2H3;1H3,(H,3,4);. The third-order valence-electron chi connectivity index (χ3n) is 0. The predicted octanol–water partition coefficient (Wildman–Crippen LogP) is 0.684. The van der Waals surface area contributed by atoms with Gasteiger partial charge < -0.3 is 9.90 Å². The Morgan fingerprint density at radius 1 is 1.11 bits per heavy atom. The van der Waals surface area contributed by atoms with Gasteiger partial charge in [0.1, 0.15) is 5.78 Å². The fraction of sp³-hybridized carbons (Fsp3) is 0.600. The Kier molecular flexibility index (Phi) is 18.9. The van der Waals surface area contributed by atoms with E-state index in [2.05, 4.69) is 0 Å². The number of aliphatic carboxylic acids is 1. The molecule has 9 heavy (non-hydrogen) atoms. The van der Waals surface area contributed by atoms with E-state index in [1.54, 1.807) is 0 Å². The van der Waals surface area contributed by atoms with Crippen molar-refractivity contribution >= 4 is 11.8 Å². The molecule has 0 bridgehead atoms. The maximum Gasteiger partial charge on any atom is 0.300 e. The fourth-order valence-electron chi connectivity index (χ4n) is 0. The van der Waals surface area contributed by atoms with Crippen molar-refractivity contribution in [1.29, 1.82) is 0 Å². The Morgan fingerprint density at radius 3 is 1.11 bits per heavy atom. The second-order valence-electron chi connectivity index (χ2n) is 1.43. The van der Waals surface area contributed by atoms with E-state index in [9.17, 15) is 4.79 Å². The molecule has 0 aliphatic carbocycles. The molecule has 3 nitrogen and oxygen atoms in total. The molecule has 0 saturated heterocycles. The van der Waals surface area contributed by atoms with Gasteiger partial charge in [0.15, 0.2) is 0 Å². The van der Waals surface area contributed by atoms with Crippen LogP contribution in [-0.4, -0.2) is 16.9 Å². The summed E-state index contributed by atoms with van der Waals surface area (Å²) in [6.45, 7) is 4.14. The van der Waals surface area contributed by atoms with E-state index >= 15 is 0 Å². The van der Waals surface area contributed by atoms with Gasteiger partial charge in [-0.3, -0.25) is 4.79 Å². The summed E-state index contributed by atoms with van der Waals surface area (Å²) in [6.07, 6.45) is 0. The minimum absolute atomic E-state index is 0. The topological polar surface area (TPSA) is 54.4 Å². The van der Waals surface area contributed by atoms with Crippen LogP contribution in [0, 0.1) is 0 Å². The molecule has 0 aliphatic heterocycles. The van der Waals surface area contributed by atoms with Gasteiger partial charge in [-0.15, -0.1) is 0 Å². The molecule has 0 spiro atoms. The average molecular weight is 184 g/mol. The Bertz CT molecular complexity index is 70.2. The van der Waals surface area contributed by atoms with Gasteiger partial charge in [0, 0.05) is 26.4 Å². The van der Waals surface area contributed by atoms with Gasteiger partial charge in [0.2, 0.25) is 0 Å². The number of carboxylic acid groups (broad SMARTS) is 1. The van der Waals surface area contributed by atoms with Crippen molar-refractivity contribution in [2.24, 2.45) is 0 Å². The predicted molar refractivity (Wildman–Crippen MR) is 29.7 cm³/mol. The van der Waals surface area contributed by atoms with E-state index in [0.29, 0.717) is 0 Å². The van der Waals surface area contributed by atoms with Crippen molar-refractivity contribution in [2.45, 2.75) is 20.8 Å². The normalized spacial score (nSPS) is 5.67. The van der Waals surface area contributed by atoms with Gasteiger partial charge in [0.05, 0.1) is 0 Å². The molecule has 0 saturated carbocycles. The van der Waals surface area contributed by atoms with Crippen molar-refractivity contribution < 1.29 is 34.2 Å². The van der Waals surface area contributed by atoms with E-state index in [1.165, 1.54) is 13.8 Å². The summed E-state index contributed by atoms with van der Waals surface area (Å²) in [5, 5.41) is 7.42. The molecule has 0 unspecified atom stereocenters. The number of rotatable bonds is 0. The van der Waals surface area contributed by atoms with Crippen molar-refractivity contribution in [2.75, 3.05) is 0 Å². The third-order valence-corrected chi connectivity index (χ3v) is 0. The van der Waals surface area contributed by atoms with Crippen LogP contribution in [0.5, 0.6) is 0 Å². The van der Waals surface area contributed by atoms with Crippen LogP contribution >= 0.6 is 0 Å². The molecular formula is C5H10O3Zn. The van der Waals surface area contributed by atoms with Crippen molar-refractivity contribution in [3.63, 3.8) is 0 Å². The molecule has 0 rings (SSSR count). The average Bonchev–Trinajstić information content (AvgIpc) is 1.25. The Balaban J connectivity index is -0.0000000720. The Hall–Kier alpha value is -0.237. The molecule has 0 atom stereocenters. The number of Topliss-reactive ketones (excluding diaryl/α,β-unsaturated/α-hetero) is 1. The monoisotopic (exact) mass is 182 g/mol. The molecule has 0 radical (unpaired) electrons. The minimum atomic E-state index is -0.833. The smallest absolute Gasteiger partial charge is 0.300 e. The van der Waals surface area contributed by atoms with Crippen LogP contribution < -0.4 is 0 Å². The second kappa shape index (κ2) is 10.7. The molecular weight excluding hydrogens is 173 g/mol. The van der Waals surface area contributed by atoms with E-state index in [0.717, 1.165) is 6.92 Å². The molecule has 50 valence electrons. The molecule has 4 heteroatoms. The molecule has 0 aromatic carbocycles. The number of ketones is 1. The van der Waals surface area contributed by atoms with Gasteiger partial charge in [-0.2, -0.15) is 0 Å². The Labute approximate surface area is 67.2 Å². The van der Waals surface area contributed by atoms with Crippen LogP contribution in [-0.2, 0) is 29.1 Å². The summed E-state index contributed by atoms with van der Waals surface area (Å²) >= 11 is 0. The number of carboxylic acids is 1. The van der Waals surface area contributed by atoms with Gasteiger partial charge in [-0.25, -0.2) is 0 Å². The zero-order chi connectivity index (χ0) is 7.15. The molecule has 0 aromatic rings. The van der Waals surface area contributed by atoms with E-state index in [4.69, 9.17) is 9.90 Å². The molecule has 0 heterocycles. The first-order valence-electron chi connectivity index (χ1n) is 2.13. The first-order chi connectivity index (χ1) is 3.46. The van der Waals surface area contributed by atoms with Crippen LogP contribution in [0.2, 0.25) is 0 Å². The molecule has 0 aliphatic rings. The first-order valence-corrected chi connectivity index (χ1v) is 2.13. The zero-order valence-electron chi connectivity index (χ0n) is 5.97. The Morgan fingerprint density at radius 2 is 1.11 bits per heavy atom. The van der Waals surface area contributed by atoms with Crippen LogP contribution in [0.4, 0.5) is 0 Å². The van der Waals surface area contributed by atoms with Gasteiger partial charge in [0.25, 0.3) is 5.97 Å². The van der Waals surface area contributed by atoms with Gasteiger partial charge in [-0.05, 0) is 13.8 Å². The minimum Gasteiger partial charge on any atom is -0.481 e. The largest absolute Gasteiger partial charge is 0.481 e. The quantitative estimate of drug-likeness (QED) is 0.562. The van der Waals surface area contributed by atoms with Crippen LogP contribution in [0.1, 0.15) is 20.8 Å². The van der Waals surface area contributed by atoms with Crippen molar-refractivity contribution in [3.05, 3.63) is 0 Å². The number of hydrogen-bond donors (Lipinski definition) is 1. The van der Waals surface area contributed by atoms with Crippen molar-refractivity contribution in [1.82, 2.24) is 0 Å². The zero-order valence-corrected chi connectivity index (χ0v) is 8.94. The molecule has 1 N–H and O–H groups in total. The van der Waals surface area contributed by atoms with E-state index in [-0.39, 0.29) is 25.3 Å². The van der Waals surface area contributed by atoms with Crippen LogP contribution in [0.25, 0.3) is 0 Å².